The van der Waals surface area contributed by atoms with Crippen LogP contribution in [-0.2, 0) is 9.53 Å². The van der Waals surface area contributed by atoms with Crippen LogP contribution in [0, 0.1) is 0 Å². The molecule has 2 nitrogen and oxygen atoms in total. The molecule has 0 saturated carbocycles. The van der Waals surface area contributed by atoms with Crippen LogP contribution < -0.4 is 0 Å². The fourth-order valence-electron chi connectivity index (χ4n) is 4.56. The second-order valence-corrected chi connectivity index (χ2v) is 10.9. The Hall–Kier alpha value is -2.09. The molecule has 0 radical (unpaired) electrons. The molecular weight excluding hydrogens is 488 g/mol. The molecule has 0 N–H and O–H groups in total. The van der Waals surface area contributed by atoms with Gasteiger partial charge in [0.1, 0.15) is 6.10 Å². The lowest BCUT2D eigenvalue weighted by Crippen LogP contribution is -2.12. The fourth-order valence-corrected chi connectivity index (χ4v) is 4.56. The minimum absolute atomic E-state index is 0.0975. The smallest absolute Gasteiger partial charge is 0.293 e. The molecule has 228 valence electrons. The molecule has 0 heterocycles. The van der Waals surface area contributed by atoms with Gasteiger partial charge in [0, 0.05) is 0 Å². The Labute approximate surface area is 249 Å². The summed E-state index contributed by atoms with van der Waals surface area (Å²) < 4.78 is 5.36. The summed E-state index contributed by atoms with van der Waals surface area (Å²) in [6.45, 7) is 5.14. The molecule has 0 unspecified atom stereocenters. The zero-order valence-corrected chi connectivity index (χ0v) is 26.5. The zero-order valence-electron chi connectivity index (χ0n) is 26.5. The predicted octanol–water partition coefficient (Wildman–Crippen LogP) is 12.5. The van der Waals surface area contributed by atoms with E-state index in [0.717, 1.165) is 64.2 Å². The van der Waals surface area contributed by atoms with Gasteiger partial charge in [0.15, 0.2) is 0 Å². The highest BCUT2D eigenvalue weighted by atomic mass is 16.5. The van der Waals surface area contributed by atoms with Gasteiger partial charge in [-0.15, -0.1) is 0 Å². The molecule has 0 saturated heterocycles. The van der Waals surface area contributed by atoms with Gasteiger partial charge in [0.25, 0.3) is 6.47 Å². The van der Waals surface area contributed by atoms with Gasteiger partial charge in [-0.3, -0.25) is 4.79 Å². The molecule has 0 fully saturated rings. The van der Waals surface area contributed by atoms with Crippen LogP contribution in [-0.4, -0.2) is 12.6 Å². The van der Waals surface area contributed by atoms with Crippen molar-refractivity contribution >= 4 is 6.47 Å². The summed E-state index contributed by atoms with van der Waals surface area (Å²) in [5.74, 6) is 0. The number of rotatable bonds is 30. The molecule has 40 heavy (non-hydrogen) atoms. The van der Waals surface area contributed by atoms with Crippen LogP contribution in [0.15, 0.2) is 72.9 Å². The average molecular weight is 553 g/mol. The minimum Gasteiger partial charge on any atom is -0.465 e. The van der Waals surface area contributed by atoms with Crippen molar-refractivity contribution in [3.8, 4) is 0 Å². The molecule has 0 aromatic carbocycles. The number of hydrogen-bond donors (Lipinski definition) is 0. The van der Waals surface area contributed by atoms with E-state index in [0.29, 0.717) is 6.47 Å². The molecule has 0 aliphatic rings. The largest absolute Gasteiger partial charge is 0.465 e. The van der Waals surface area contributed by atoms with Gasteiger partial charge in [-0.25, -0.2) is 0 Å². The average Bonchev–Trinajstić information content (AvgIpc) is 2.96. The summed E-state index contributed by atoms with van der Waals surface area (Å²) in [4.78, 5) is 10.9. The fraction of sp³-hybridized carbons (Fsp3) is 0.658. The highest BCUT2D eigenvalue weighted by Gasteiger charge is 2.08. The van der Waals surface area contributed by atoms with Crippen LogP contribution in [0.4, 0.5) is 0 Å². The highest BCUT2D eigenvalue weighted by Crippen LogP contribution is 2.15. The van der Waals surface area contributed by atoms with Gasteiger partial charge in [-0.05, 0) is 103 Å². The maximum Gasteiger partial charge on any atom is 0.293 e. The summed E-state index contributed by atoms with van der Waals surface area (Å²) >= 11 is 0. The van der Waals surface area contributed by atoms with E-state index >= 15 is 0 Å². The van der Waals surface area contributed by atoms with Crippen LogP contribution in [0.25, 0.3) is 0 Å². The van der Waals surface area contributed by atoms with Gasteiger partial charge in [0.05, 0.1) is 0 Å². The molecule has 2 heteroatoms. The maximum absolute atomic E-state index is 10.9. The van der Waals surface area contributed by atoms with Crippen molar-refractivity contribution in [3.05, 3.63) is 72.9 Å². The first-order valence-electron chi connectivity index (χ1n) is 16.8. The van der Waals surface area contributed by atoms with Crippen LogP contribution in [0.5, 0.6) is 0 Å². The van der Waals surface area contributed by atoms with Crippen molar-refractivity contribution in [3.63, 3.8) is 0 Å². The third-order valence-electron chi connectivity index (χ3n) is 7.08. The number of carbonyl (C=O) groups excluding carboxylic acids is 1. The molecule has 0 atom stereocenters. The van der Waals surface area contributed by atoms with Crippen molar-refractivity contribution < 1.29 is 9.53 Å². The Morgan fingerprint density at radius 3 is 1.07 bits per heavy atom. The van der Waals surface area contributed by atoms with Gasteiger partial charge in [-0.1, -0.05) is 125 Å². The molecule has 0 aliphatic carbocycles. The van der Waals surface area contributed by atoms with E-state index in [2.05, 4.69) is 86.8 Å². The van der Waals surface area contributed by atoms with Crippen LogP contribution in [0.3, 0.4) is 0 Å². The first kappa shape index (κ1) is 37.9. The molecular formula is C38H64O2. The Morgan fingerprint density at radius 1 is 0.425 bits per heavy atom. The Morgan fingerprint density at radius 2 is 0.750 bits per heavy atom. The first-order chi connectivity index (χ1) is 19.8. The van der Waals surface area contributed by atoms with Crippen molar-refractivity contribution in [1.82, 2.24) is 0 Å². The molecule has 0 bridgehead atoms. The normalized spacial score (nSPS) is 12.7. The summed E-state index contributed by atoms with van der Waals surface area (Å²) in [6, 6.07) is 0. The summed E-state index contributed by atoms with van der Waals surface area (Å²) in [6.07, 6.45) is 53.4. The third-order valence-corrected chi connectivity index (χ3v) is 7.08. The third kappa shape index (κ3) is 32.1. The van der Waals surface area contributed by atoms with Gasteiger partial charge < -0.3 is 4.74 Å². The second kappa shape index (κ2) is 34.9. The number of ether oxygens (including phenoxy) is 1. The molecule has 0 aromatic heterocycles. The van der Waals surface area contributed by atoms with Crippen molar-refractivity contribution in [2.24, 2.45) is 0 Å². The molecule has 0 amide bonds. The van der Waals surface area contributed by atoms with Gasteiger partial charge >= 0.3 is 0 Å². The van der Waals surface area contributed by atoms with E-state index in [-0.39, 0.29) is 6.10 Å². The Kier molecular flexibility index (Phi) is 33.1. The van der Waals surface area contributed by atoms with Crippen LogP contribution >= 0.6 is 0 Å². The Bertz CT molecular complexity index is 626. The van der Waals surface area contributed by atoms with E-state index in [1.165, 1.54) is 77.0 Å². The number of hydrogen-bond acceptors (Lipinski definition) is 2. The summed E-state index contributed by atoms with van der Waals surface area (Å²) in [5.41, 5.74) is 0. The van der Waals surface area contributed by atoms with Crippen LogP contribution in [0.2, 0.25) is 0 Å². The number of unbranched alkanes of at least 4 members (excludes halogenated alkanes) is 12. The highest BCUT2D eigenvalue weighted by molar-refractivity contribution is 5.37. The number of carbonyl (C=O) groups is 1. The van der Waals surface area contributed by atoms with E-state index in [9.17, 15) is 4.79 Å². The topological polar surface area (TPSA) is 26.3 Å². The van der Waals surface area contributed by atoms with E-state index < -0.39 is 0 Å². The second-order valence-electron chi connectivity index (χ2n) is 10.9. The lowest BCUT2D eigenvalue weighted by Gasteiger charge is -2.14. The lowest BCUT2D eigenvalue weighted by molar-refractivity contribution is -0.134. The van der Waals surface area contributed by atoms with Gasteiger partial charge in [0.2, 0.25) is 0 Å². The standard InChI is InChI=1S/C38H64O2/c1-3-5-7-9-11-13-15-17-19-21-23-25-27-29-31-33-35-38(40-37-39)36-34-32-30-28-26-24-22-20-18-16-14-12-10-8-6-4-2/h11-14,17-20,23-26,37-38H,3-10,15-16,21-22,27-36H2,1-2H3/b13-11-,14-12-,19-17-,20-18-,25-23-,26-24-. The van der Waals surface area contributed by atoms with E-state index in [1.54, 1.807) is 0 Å². The van der Waals surface area contributed by atoms with Gasteiger partial charge in [-0.2, -0.15) is 0 Å². The maximum atomic E-state index is 10.9. The summed E-state index contributed by atoms with van der Waals surface area (Å²) in [5, 5.41) is 0. The van der Waals surface area contributed by atoms with E-state index in [4.69, 9.17) is 4.74 Å². The number of allylic oxidation sites excluding steroid dienone is 12. The first-order valence-corrected chi connectivity index (χ1v) is 16.8. The molecule has 0 rings (SSSR count). The SMILES string of the molecule is CCCCC/C=C\C/C=C\C/C=C\CCCCCC(CCCCC/C=C\C/C=C\C/C=C\CCCCC)OC=O. The molecule has 0 spiro atoms. The van der Waals surface area contributed by atoms with Crippen molar-refractivity contribution in [2.45, 2.75) is 161 Å². The molecule has 0 aliphatic heterocycles. The minimum atomic E-state index is 0.0975. The predicted molar refractivity (Wildman–Crippen MR) is 179 cm³/mol. The Balaban J connectivity index is 3.65. The zero-order chi connectivity index (χ0) is 29.0. The van der Waals surface area contributed by atoms with Crippen molar-refractivity contribution in [1.29, 1.82) is 0 Å². The van der Waals surface area contributed by atoms with Crippen LogP contribution in [0.1, 0.15) is 155 Å². The summed E-state index contributed by atoms with van der Waals surface area (Å²) in [7, 11) is 0. The van der Waals surface area contributed by atoms with Crippen molar-refractivity contribution in [2.75, 3.05) is 0 Å². The monoisotopic (exact) mass is 552 g/mol. The molecule has 0 aromatic rings. The quantitative estimate of drug-likeness (QED) is 0.0503. The lowest BCUT2D eigenvalue weighted by atomic mass is 10.0. The van der Waals surface area contributed by atoms with E-state index in [1.807, 2.05) is 0 Å².